The fraction of sp³-hybridized carbons (Fsp3) is 0.833. The molecule has 3 heteroatoms. The van der Waals surface area contributed by atoms with Crippen molar-refractivity contribution in [1.29, 1.82) is 0 Å². The van der Waals surface area contributed by atoms with Gasteiger partial charge in [0.15, 0.2) is 0 Å². The van der Waals surface area contributed by atoms with Gasteiger partial charge in [-0.2, -0.15) is 0 Å². The SMILES string of the molecule is N.[CH2]CNN(CC)CC. The van der Waals surface area contributed by atoms with E-state index in [-0.39, 0.29) is 6.15 Å². The van der Waals surface area contributed by atoms with Crippen LogP contribution < -0.4 is 11.6 Å². The summed E-state index contributed by atoms with van der Waals surface area (Å²) in [7, 11) is 0. The summed E-state index contributed by atoms with van der Waals surface area (Å²) in [5.74, 6) is 0. The Hall–Kier alpha value is -0.120. The molecule has 0 fully saturated rings. The molecule has 0 aliphatic rings. The van der Waals surface area contributed by atoms with E-state index in [4.69, 9.17) is 0 Å². The molecule has 0 aromatic heterocycles. The van der Waals surface area contributed by atoms with Gasteiger partial charge in [-0.3, -0.25) is 5.43 Å². The largest absolute Gasteiger partial charge is 0.344 e. The molecule has 0 spiro atoms. The van der Waals surface area contributed by atoms with Crippen LogP contribution in [-0.2, 0) is 0 Å². The van der Waals surface area contributed by atoms with Gasteiger partial charge in [0.25, 0.3) is 0 Å². The molecule has 0 amide bonds. The Kier molecular flexibility index (Phi) is 10.2. The van der Waals surface area contributed by atoms with Crippen molar-refractivity contribution in [2.24, 2.45) is 0 Å². The molecule has 0 bridgehead atoms. The summed E-state index contributed by atoms with van der Waals surface area (Å²) in [5, 5.41) is 2.12. The van der Waals surface area contributed by atoms with Gasteiger partial charge >= 0.3 is 0 Å². The van der Waals surface area contributed by atoms with Gasteiger partial charge in [-0.25, -0.2) is 5.01 Å². The molecule has 0 aliphatic carbocycles. The first-order chi connectivity index (χ1) is 3.85. The van der Waals surface area contributed by atoms with E-state index in [1.165, 1.54) is 0 Å². The van der Waals surface area contributed by atoms with Gasteiger partial charge < -0.3 is 6.15 Å². The first-order valence-corrected chi connectivity index (χ1v) is 3.12. The Bertz CT molecular complexity index is 43.6. The molecular formula is C6H18N3. The maximum atomic E-state index is 3.67. The van der Waals surface area contributed by atoms with Crippen LogP contribution in [0.15, 0.2) is 0 Å². The van der Waals surface area contributed by atoms with Crippen molar-refractivity contribution in [3.63, 3.8) is 0 Å². The first kappa shape index (κ1) is 11.6. The van der Waals surface area contributed by atoms with Gasteiger partial charge in [-0.15, -0.1) is 0 Å². The maximum absolute atomic E-state index is 3.67. The molecule has 0 aromatic carbocycles. The van der Waals surface area contributed by atoms with Crippen molar-refractivity contribution < 1.29 is 0 Å². The second-order valence-electron chi connectivity index (χ2n) is 1.58. The summed E-state index contributed by atoms with van der Waals surface area (Å²) in [6.45, 7) is 10.8. The molecule has 0 saturated heterocycles. The van der Waals surface area contributed by atoms with Gasteiger partial charge in [0.2, 0.25) is 0 Å². The highest BCUT2D eigenvalue weighted by atomic mass is 15.5. The maximum Gasteiger partial charge on any atom is 0.0103 e. The lowest BCUT2D eigenvalue weighted by molar-refractivity contribution is 0.220. The van der Waals surface area contributed by atoms with Gasteiger partial charge in [-0.05, 0) is 6.92 Å². The van der Waals surface area contributed by atoms with Gasteiger partial charge in [-0.1, -0.05) is 13.8 Å². The monoisotopic (exact) mass is 132 g/mol. The Morgan fingerprint density at radius 1 is 1.33 bits per heavy atom. The quantitative estimate of drug-likeness (QED) is 0.557. The highest BCUT2D eigenvalue weighted by Crippen LogP contribution is 1.76. The molecule has 0 aliphatic heterocycles. The lowest BCUT2D eigenvalue weighted by Gasteiger charge is -2.17. The van der Waals surface area contributed by atoms with Crippen LogP contribution in [0.25, 0.3) is 0 Å². The minimum absolute atomic E-state index is 0. The third-order valence-corrected chi connectivity index (χ3v) is 1.10. The normalized spacial score (nSPS) is 9.33. The van der Waals surface area contributed by atoms with Crippen LogP contribution in [-0.4, -0.2) is 24.6 Å². The van der Waals surface area contributed by atoms with Crippen LogP contribution >= 0.6 is 0 Å². The summed E-state index contributed by atoms with van der Waals surface area (Å²) < 4.78 is 0. The first-order valence-electron chi connectivity index (χ1n) is 3.12. The Morgan fingerprint density at radius 2 is 1.78 bits per heavy atom. The lowest BCUT2D eigenvalue weighted by atomic mass is 10.6. The van der Waals surface area contributed by atoms with Crippen LogP contribution in [0.5, 0.6) is 0 Å². The molecule has 57 valence electrons. The van der Waals surface area contributed by atoms with Crippen molar-refractivity contribution in [3.05, 3.63) is 6.92 Å². The molecule has 0 atom stereocenters. The van der Waals surface area contributed by atoms with E-state index in [9.17, 15) is 0 Å². The van der Waals surface area contributed by atoms with Gasteiger partial charge in [0, 0.05) is 19.6 Å². The van der Waals surface area contributed by atoms with E-state index < -0.39 is 0 Å². The summed E-state index contributed by atoms with van der Waals surface area (Å²) in [6, 6.07) is 0. The minimum Gasteiger partial charge on any atom is -0.344 e. The second kappa shape index (κ2) is 7.88. The standard InChI is InChI=1S/C6H15N2.H3N/c1-4-7-8(5-2)6-3;/h7H,1,4-6H2,2-3H3;1H3. The zero-order valence-electron chi connectivity index (χ0n) is 6.48. The van der Waals surface area contributed by atoms with E-state index in [0.717, 1.165) is 19.6 Å². The number of nitrogens with one attached hydrogen (secondary N) is 1. The van der Waals surface area contributed by atoms with Crippen LogP contribution in [0, 0.1) is 6.92 Å². The second-order valence-corrected chi connectivity index (χ2v) is 1.58. The number of hydrogen-bond acceptors (Lipinski definition) is 3. The third-order valence-electron chi connectivity index (χ3n) is 1.10. The molecule has 0 unspecified atom stereocenters. The van der Waals surface area contributed by atoms with Crippen LogP contribution in [0.4, 0.5) is 0 Å². The zero-order valence-corrected chi connectivity index (χ0v) is 6.48. The smallest absolute Gasteiger partial charge is 0.0103 e. The molecule has 1 radical (unpaired) electrons. The molecule has 0 aromatic rings. The molecule has 4 N–H and O–H groups in total. The van der Waals surface area contributed by atoms with Crippen molar-refractivity contribution in [1.82, 2.24) is 16.6 Å². The van der Waals surface area contributed by atoms with Crippen LogP contribution in [0.1, 0.15) is 13.8 Å². The topological polar surface area (TPSA) is 50.3 Å². The number of hydrazine groups is 1. The Balaban J connectivity index is 0. The van der Waals surface area contributed by atoms with E-state index in [0.29, 0.717) is 0 Å². The average Bonchev–Trinajstić information content (AvgIpc) is 1.83. The number of nitrogens with zero attached hydrogens (tertiary/aromatic N) is 1. The molecule has 0 rings (SSSR count). The van der Waals surface area contributed by atoms with E-state index in [1.54, 1.807) is 0 Å². The molecule has 0 saturated carbocycles. The number of hydrogen-bond donors (Lipinski definition) is 2. The van der Waals surface area contributed by atoms with Crippen molar-refractivity contribution >= 4 is 0 Å². The molecular weight excluding hydrogens is 114 g/mol. The molecule has 3 nitrogen and oxygen atoms in total. The minimum atomic E-state index is 0. The average molecular weight is 132 g/mol. The number of rotatable bonds is 4. The summed E-state index contributed by atoms with van der Waals surface area (Å²) in [5.41, 5.74) is 3.10. The predicted octanol–water partition coefficient (Wildman–Crippen LogP) is 0.829. The predicted molar refractivity (Wildman–Crippen MR) is 41.3 cm³/mol. The molecule has 0 heterocycles. The Labute approximate surface area is 58.0 Å². The fourth-order valence-electron chi connectivity index (χ4n) is 0.605. The Morgan fingerprint density at radius 3 is 1.89 bits per heavy atom. The van der Waals surface area contributed by atoms with E-state index in [2.05, 4.69) is 31.2 Å². The highest BCUT2D eigenvalue weighted by molar-refractivity contribution is 4.45. The van der Waals surface area contributed by atoms with E-state index >= 15 is 0 Å². The lowest BCUT2D eigenvalue weighted by Crippen LogP contribution is -2.37. The van der Waals surface area contributed by atoms with E-state index in [1.807, 2.05) is 0 Å². The third kappa shape index (κ3) is 5.76. The summed E-state index contributed by atoms with van der Waals surface area (Å²) in [4.78, 5) is 0. The zero-order chi connectivity index (χ0) is 6.41. The van der Waals surface area contributed by atoms with Crippen LogP contribution in [0.3, 0.4) is 0 Å². The summed E-state index contributed by atoms with van der Waals surface area (Å²) >= 11 is 0. The van der Waals surface area contributed by atoms with Crippen molar-refractivity contribution in [3.8, 4) is 0 Å². The van der Waals surface area contributed by atoms with Gasteiger partial charge in [0.1, 0.15) is 0 Å². The van der Waals surface area contributed by atoms with Gasteiger partial charge in [0.05, 0.1) is 0 Å². The van der Waals surface area contributed by atoms with Crippen LogP contribution in [0.2, 0.25) is 0 Å². The summed E-state index contributed by atoms with van der Waals surface area (Å²) in [6.07, 6.45) is 0. The highest BCUT2D eigenvalue weighted by Gasteiger charge is 1.91. The fourth-order valence-corrected chi connectivity index (χ4v) is 0.605. The molecule has 9 heavy (non-hydrogen) atoms. The van der Waals surface area contributed by atoms with Crippen molar-refractivity contribution in [2.45, 2.75) is 13.8 Å². The van der Waals surface area contributed by atoms with Crippen molar-refractivity contribution in [2.75, 3.05) is 19.6 Å².